The Morgan fingerprint density at radius 2 is 2.18 bits per heavy atom. The highest BCUT2D eigenvalue weighted by Crippen LogP contribution is 2.31. The molecular weight excluding hydrogens is 232 g/mol. The van der Waals surface area contributed by atoms with Crippen molar-refractivity contribution in [1.82, 2.24) is 4.98 Å². The van der Waals surface area contributed by atoms with Crippen molar-refractivity contribution in [1.29, 1.82) is 0 Å². The summed E-state index contributed by atoms with van der Waals surface area (Å²) in [6.45, 7) is 3.84. The average Bonchev–Trinajstić information content (AvgIpc) is 2.69. The Bertz CT molecular complexity index is 520. The van der Waals surface area contributed by atoms with E-state index in [4.69, 9.17) is 5.73 Å². The van der Waals surface area contributed by atoms with Gasteiger partial charge in [-0.05, 0) is 37.6 Å². The van der Waals surface area contributed by atoms with Crippen LogP contribution in [0.3, 0.4) is 0 Å². The van der Waals surface area contributed by atoms with Gasteiger partial charge in [-0.25, -0.2) is 4.98 Å². The molecule has 0 aliphatic rings. The van der Waals surface area contributed by atoms with Gasteiger partial charge in [-0.1, -0.05) is 6.07 Å². The standard InChI is InChI=1S/C13H16N2OS/c1-9-5-6-11(17-9)13(2,16)8-10-4-3-7-15-12(10)14/h3-7,16H,8H2,1-2H3,(H2,14,15). The number of hydrogen-bond donors (Lipinski definition) is 2. The number of aromatic nitrogens is 1. The summed E-state index contributed by atoms with van der Waals surface area (Å²) in [6.07, 6.45) is 2.13. The van der Waals surface area contributed by atoms with Crippen LogP contribution in [0.25, 0.3) is 0 Å². The van der Waals surface area contributed by atoms with Crippen LogP contribution in [0.1, 0.15) is 22.2 Å². The van der Waals surface area contributed by atoms with Crippen LogP contribution in [-0.4, -0.2) is 10.1 Å². The van der Waals surface area contributed by atoms with Crippen molar-refractivity contribution in [3.8, 4) is 0 Å². The number of aliphatic hydroxyl groups is 1. The number of pyridine rings is 1. The van der Waals surface area contributed by atoms with Gasteiger partial charge in [0.15, 0.2) is 0 Å². The van der Waals surface area contributed by atoms with Gasteiger partial charge in [-0.15, -0.1) is 11.3 Å². The van der Waals surface area contributed by atoms with Crippen LogP contribution in [0.15, 0.2) is 30.5 Å². The summed E-state index contributed by atoms with van der Waals surface area (Å²) in [6, 6.07) is 7.71. The normalized spacial score (nSPS) is 14.5. The molecule has 3 nitrogen and oxygen atoms in total. The molecule has 0 aliphatic carbocycles. The Morgan fingerprint density at radius 3 is 2.76 bits per heavy atom. The Hall–Kier alpha value is -1.39. The van der Waals surface area contributed by atoms with Gasteiger partial charge in [0, 0.05) is 22.4 Å². The van der Waals surface area contributed by atoms with E-state index in [-0.39, 0.29) is 0 Å². The van der Waals surface area contributed by atoms with Gasteiger partial charge in [0.2, 0.25) is 0 Å². The number of nitrogens with zero attached hydrogens (tertiary/aromatic N) is 1. The molecule has 0 aliphatic heterocycles. The number of rotatable bonds is 3. The zero-order chi connectivity index (χ0) is 12.5. The van der Waals surface area contributed by atoms with Crippen molar-refractivity contribution in [3.63, 3.8) is 0 Å². The third-order valence-corrected chi connectivity index (χ3v) is 3.99. The van der Waals surface area contributed by atoms with Crippen LogP contribution < -0.4 is 5.73 Å². The van der Waals surface area contributed by atoms with Gasteiger partial charge in [-0.2, -0.15) is 0 Å². The Kier molecular flexibility index (Phi) is 3.17. The van der Waals surface area contributed by atoms with E-state index in [0.717, 1.165) is 10.4 Å². The molecule has 0 saturated heterocycles. The van der Waals surface area contributed by atoms with Gasteiger partial charge in [0.1, 0.15) is 11.4 Å². The van der Waals surface area contributed by atoms with Crippen molar-refractivity contribution < 1.29 is 5.11 Å². The fourth-order valence-electron chi connectivity index (χ4n) is 1.78. The lowest BCUT2D eigenvalue weighted by Gasteiger charge is -2.22. The molecule has 2 aromatic rings. The minimum atomic E-state index is -0.893. The third-order valence-electron chi connectivity index (χ3n) is 2.73. The molecular formula is C13H16N2OS. The molecule has 2 heterocycles. The zero-order valence-electron chi connectivity index (χ0n) is 9.97. The first-order chi connectivity index (χ1) is 7.99. The maximum atomic E-state index is 10.5. The number of nitrogen functional groups attached to an aromatic ring is 1. The van der Waals surface area contributed by atoms with Crippen molar-refractivity contribution in [3.05, 3.63) is 45.8 Å². The third kappa shape index (κ3) is 2.65. The van der Waals surface area contributed by atoms with Crippen molar-refractivity contribution in [2.75, 3.05) is 5.73 Å². The minimum absolute atomic E-state index is 0.479. The molecule has 0 amide bonds. The van der Waals surface area contributed by atoms with Crippen molar-refractivity contribution in [2.45, 2.75) is 25.9 Å². The van der Waals surface area contributed by atoms with Crippen LogP contribution in [0.5, 0.6) is 0 Å². The van der Waals surface area contributed by atoms with Gasteiger partial charge < -0.3 is 10.8 Å². The maximum Gasteiger partial charge on any atom is 0.126 e. The Morgan fingerprint density at radius 1 is 1.41 bits per heavy atom. The first kappa shape index (κ1) is 12.1. The second-order valence-corrected chi connectivity index (χ2v) is 5.70. The van der Waals surface area contributed by atoms with Crippen LogP contribution in [-0.2, 0) is 12.0 Å². The van der Waals surface area contributed by atoms with E-state index >= 15 is 0 Å². The highest BCUT2D eigenvalue weighted by Gasteiger charge is 2.26. The number of thiophene rings is 1. The number of hydrogen-bond acceptors (Lipinski definition) is 4. The second kappa shape index (κ2) is 4.47. The van der Waals surface area contributed by atoms with Crippen LogP contribution in [0.2, 0.25) is 0 Å². The first-order valence-electron chi connectivity index (χ1n) is 5.48. The van der Waals surface area contributed by atoms with Crippen LogP contribution in [0.4, 0.5) is 5.82 Å². The predicted octanol–water partition coefficient (Wildman–Crippen LogP) is 2.48. The second-order valence-electron chi connectivity index (χ2n) is 4.41. The fraction of sp³-hybridized carbons (Fsp3) is 0.308. The maximum absolute atomic E-state index is 10.5. The highest BCUT2D eigenvalue weighted by atomic mass is 32.1. The van der Waals surface area contributed by atoms with E-state index < -0.39 is 5.60 Å². The molecule has 4 heteroatoms. The molecule has 1 unspecified atom stereocenters. The number of aryl methyl sites for hydroxylation is 1. The summed E-state index contributed by atoms with van der Waals surface area (Å²) in [5.74, 6) is 0.487. The molecule has 0 radical (unpaired) electrons. The summed E-state index contributed by atoms with van der Waals surface area (Å²) in [7, 11) is 0. The summed E-state index contributed by atoms with van der Waals surface area (Å²) < 4.78 is 0. The minimum Gasteiger partial charge on any atom is -0.384 e. The molecule has 0 aromatic carbocycles. The lowest BCUT2D eigenvalue weighted by atomic mass is 9.95. The van der Waals surface area contributed by atoms with Gasteiger partial charge >= 0.3 is 0 Å². The molecule has 0 spiro atoms. The average molecular weight is 248 g/mol. The fourth-order valence-corrected chi connectivity index (χ4v) is 2.69. The van der Waals surface area contributed by atoms with E-state index in [9.17, 15) is 5.11 Å². The van der Waals surface area contributed by atoms with Gasteiger partial charge in [0.05, 0.1) is 0 Å². The van der Waals surface area contributed by atoms with Crippen molar-refractivity contribution >= 4 is 17.2 Å². The smallest absolute Gasteiger partial charge is 0.126 e. The molecule has 17 heavy (non-hydrogen) atoms. The molecule has 0 saturated carbocycles. The molecule has 2 rings (SSSR count). The molecule has 3 N–H and O–H groups in total. The Balaban J connectivity index is 2.26. The molecule has 90 valence electrons. The van der Waals surface area contributed by atoms with E-state index in [0.29, 0.717) is 12.2 Å². The van der Waals surface area contributed by atoms with Gasteiger partial charge in [-0.3, -0.25) is 0 Å². The summed E-state index contributed by atoms with van der Waals surface area (Å²) in [4.78, 5) is 6.18. The van der Waals surface area contributed by atoms with Gasteiger partial charge in [0.25, 0.3) is 0 Å². The quantitative estimate of drug-likeness (QED) is 0.877. The van der Waals surface area contributed by atoms with E-state index in [2.05, 4.69) is 4.98 Å². The van der Waals surface area contributed by atoms with E-state index in [1.165, 1.54) is 4.88 Å². The SMILES string of the molecule is Cc1ccc(C(C)(O)Cc2cccnc2N)s1. The monoisotopic (exact) mass is 248 g/mol. The lowest BCUT2D eigenvalue weighted by Crippen LogP contribution is -2.23. The van der Waals surface area contributed by atoms with E-state index in [1.54, 1.807) is 17.5 Å². The topological polar surface area (TPSA) is 59.1 Å². The molecule has 0 fully saturated rings. The zero-order valence-corrected chi connectivity index (χ0v) is 10.8. The lowest BCUT2D eigenvalue weighted by molar-refractivity contribution is 0.0616. The molecule has 0 bridgehead atoms. The number of nitrogens with two attached hydrogens (primary N) is 1. The first-order valence-corrected chi connectivity index (χ1v) is 6.29. The highest BCUT2D eigenvalue weighted by molar-refractivity contribution is 7.12. The molecule has 1 atom stereocenters. The Labute approximate surface area is 105 Å². The predicted molar refractivity (Wildman–Crippen MR) is 71.0 cm³/mol. The largest absolute Gasteiger partial charge is 0.384 e. The summed E-state index contributed by atoms with van der Waals surface area (Å²) in [5.41, 5.74) is 5.78. The molecule has 2 aromatic heterocycles. The van der Waals surface area contributed by atoms with E-state index in [1.807, 2.05) is 38.1 Å². The summed E-state index contributed by atoms with van der Waals surface area (Å²) >= 11 is 1.61. The van der Waals surface area contributed by atoms with Crippen LogP contribution >= 0.6 is 11.3 Å². The summed E-state index contributed by atoms with van der Waals surface area (Å²) in [5, 5.41) is 10.5. The number of anilines is 1. The van der Waals surface area contributed by atoms with Crippen molar-refractivity contribution in [2.24, 2.45) is 0 Å². The van der Waals surface area contributed by atoms with Crippen LogP contribution in [0, 0.1) is 6.92 Å².